The molecule has 1 aromatic rings. The molecule has 0 aliphatic carbocycles. The lowest BCUT2D eigenvalue weighted by atomic mass is 10.2. The predicted molar refractivity (Wildman–Crippen MR) is 65.7 cm³/mol. The monoisotopic (exact) mass is 340 g/mol. The summed E-state index contributed by atoms with van der Waals surface area (Å²) in [5, 5.41) is 17.8. The molecule has 0 unspecified atom stereocenters. The molecule has 1 saturated heterocycles. The number of aromatic amines is 1. The van der Waals surface area contributed by atoms with E-state index < -0.39 is 41.7 Å². The van der Waals surface area contributed by atoms with E-state index in [-0.39, 0.29) is 4.47 Å². The van der Waals surface area contributed by atoms with Gasteiger partial charge in [-0.3, -0.25) is 14.3 Å². The van der Waals surface area contributed by atoms with Gasteiger partial charge in [-0.25, -0.2) is 4.79 Å². The van der Waals surface area contributed by atoms with Crippen molar-refractivity contribution in [3.63, 3.8) is 0 Å². The van der Waals surface area contributed by atoms with Gasteiger partial charge in [-0.15, -0.1) is 11.6 Å². The number of hydrogen-bond acceptors (Lipinski definition) is 5. The van der Waals surface area contributed by atoms with Crippen LogP contribution in [0.4, 0.5) is 0 Å². The van der Waals surface area contributed by atoms with Crippen molar-refractivity contribution in [2.45, 2.75) is 23.8 Å². The Labute approximate surface area is 114 Å². The molecule has 1 aliphatic heterocycles. The van der Waals surface area contributed by atoms with Crippen LogP contribution < -0.4 is 11.2 Å². The van der Waals surface area contributed by atoms with E-state index in [0.717, 1.165) is 4.57 Å². The molecular weight excluding hydrogens is 331 g/mol. The second-order valence-electron chi connectivity index (χ2n) is 3.83. The van der Waals surface area contributed by atoms with Crippen LogP contribution in [0.1, 0.15) is 6.23 Å². The zero-order valence-corrected chi connectivity index (χ0v) is 11.3. The van der Waals surface area contributed by atoms with Crippen LogP contribution in [0, 0.1) is 0 Å². The molecule has 7 nitrogen and oxygen atoms in total. The second kappa shape index (κ2) is 5.14. The van der Waals surface area contributed by atoms with E-state index in [2.05, 4.69) is 20.9 Å². The third-order valence-electron chi connectivity index (χ3n) is 2.67. The Balaban J connectivity index is 2.42. The summed E-state index contributed by atoms with van der Waals surface area (Å²) in [5.41, 5.74) is -1.27. The minimum absolute atomic E-state index is 0.136. The van der Waals surface area contributed by atoms with Gasteiger partial charge in [0.2, 0.25) is 0 Å². The normalized spacial score (nSPS) is 31.8. The molecule has 2 heterocycles. The van der Waals surface area contributed by atoms with Crippen molar-refractivity contribution in [2.24, 2.45) is 0 Å². The highest BCUT2D eigenvalue weighted by Gasteiger charge is 2.43. The lowest BCUT2D eigenvalue weighted by molar-refractivity contribution is -0.0458. The maximum atomic E-state index is 11.6. The minimum atomic E-state index is -1.10. The molecule has 2 rings (SSSR count). The van der Waals surface area contributed by atoms with Crippen LogP contribution in [-0.2, 0) is 4.74 Å². The molecule has 18 heavy (non-hydrogen) atoms. The van der Waals surface area contributed by atoms with Crippen LogP contribution in [-0.4, -0.2) is 44.0 Å². The molecule has 1 fully saturated rings. The summed E-state index contributed by atoms with van der Waals surface area (Å²) in [5.74, 6) is 0. The summed E-state index contributed by atoms with van der Waals surface area (Å²) in [4.78, 5) is 24.9. The number of aliphatic hydroxyl groups excluding tert-OH is 2. The zero-order chi connectivity index (χ0) is 13.4. The Bertz CT molecular complexity index is 559. The number of hydrogen-bond donors (Lipinski definition) is 3. The largest absolute Gasteiger partial charge is 0.394 e. The molecule has 100 valence electrons. The number of rotatable bonds is 2. The van der Waals surface area contributed by atoms with Gasteiger partial charge in [-0.1, -0.05) is 0 Å². The molecule has 1 aromatic heterocycles. The number of aliphatic hydroxyl groups is 2. The Morgan fingerprint density at radius 1 is 1.56 bits per heavy atom. The van der Waals surface area contributed by atoms with Gasteiger partial charge in [0.1, 0.15) is 17.6 Å². The van der Waals surface area contributed by atoms with Crippen molar-refractivity contribution in [1.82, 2.24) is 9.55 Å². The van der Waals surface area contributed by atoms with Crippen LogP contribution in [0.5, 0.6) is 0 Å². The highest BCUT2D eigenvalue weighted by Crippen LogP contribution is 2.32. The molecule has 0 spiro atoms. The molecule has 9 heteroatoms. The summed E-state index contributed by atoms with van der Waals surface area (Å²) in [6, 6.07) is 0. The van der Waals surface area contributed by atoms with Gasteiger partial charge in [0.05, 0.1) is 11.1 Å². The standard InChI is InChI=1S/C9H10BrClN2O5/c10-3-1-13(9(17)12-7(3)16)8-5(11)6(15)4(2-14)18-8/h1,4-6,8,14-15H,2H2,(H,12,16,17)/t4-,5-,6-,8-/m1/s1. The van der Waals surface area contributed by atoms with E-state index >= 15 is 0 Å². The highest BCUT2D eigenvalue weighted by atomic mass is 79.9. The van der Waals surface area contributed by atoms with Crippen molar-refractivity contribution < 1.29 is 14.9 Å². The fourth-order valence-corrected chi connectivity index (χ4v) is 2.39. The lowest BCUT2D eigenvalue weighted by Crippen LogP contribution is -2.36. The third-order valence-corrected chi connectivity index (χ3v) is 3.71. The third kappa shape index (κ3) is 2.26. The lowest BCUT2D eigenvalue weighted by Gasteiger charge is -2.16. The maximum absolute atomic E-state index is 11.6. The topological polar surface area (TPSA) is 105 Å². The van der Waals surface area contributed by atoms with Crippen molar-refractivity contribution in [3.8, 4) is 0 Å². The molecule has 1 aliphatic rings. The molecule has 4 atom stereocenters. The van der Waals surface area contributed by atoms with Gasteiger partial charge in [0, 0.05) is 6.20 Å². The number of halogens is 2. The number of nitrogens with zero attached hydrogens (tertiary/aromatic N) is 1. The predicted octanol–water partition coefficient (Wildman–Crippen LogP) is -0.843. The van der Waals surface area contributed by atoms with Crippen LogP contribution >= 0.6 is 27.5 Å². The van der Waals surface area contributed by atoms with Gasteiger partial charge in [0.15, 0.2) is 6.23 Å². The number of nitrogens with one attached hydrogen (secondary N) is 1. The number of H-pyrrole nitrogens is 1. The van der Waals surface area contributed by atoms with Gasteiger partial charge in [0.25, 0.3) is 5.56 Å². The first kappa shape index (κ1) is 13.8. The van der Waals surface area contributed by atoms with E-state index in [1.165, 1.54) is 6.20 Å². The smallest absolute Gasteiger partial charge is 0.330 e. The van der Waals surface area contributed by atoms with Crippen molar-refractivity contribution >= 4 is 27.5 Å². The molecule has 0 bridgehead atoms. The molecular formula is C9H10BrClN2O5. The number of ether oxygens (including phenoxy) is 1. The first-order valence-corrected chi connectivity index (χ1v) is 6.28. The zero-order valence-electron chi connectivity index (χ0n) is 8.92. The molecule has 0 amide bonds. The van der Waals surface area contributed by atoms with Crippen LogP contribution in [0.15, 0.2) is 20.3 Å². The molecule has 0 radical (unpaired) electrons. The highest BCUT2D eigenvalue weighted by molar-refractivity contribution is 9.10. The van der Waals surface area contributed by atoms with Gasteiger partial charge >= 0.3 is 5.69 Å². The second-order valence-corrected chi connectivity index (χ2v) is 5.18. The van der Waals surface area contributed by atoms with E-state index in [1.807, 2.05) is 0 Å². The average molecular weight is 342 g/mol. The van der Waals surface area contributed by atoms with Gasteiger partial charge in [-0.2, -0.15) is 0 Å². The molecule has 3 N–H and O–H groups in total. The summed E-state index contributed by atoms with van der Waals surface area (Å²) in [6.45, 7) is -0.417. The van der Waals surface area contributed by atoms with E-state index in [0.29, 0.717) is 0 Å². The Hall–Kier alpha value is -0.670. The van der Waals surface area contributed by atoms with Crippen LogP contribution in [0.25, 0.3) is 0 Å². The SMILES string of the molecule is O=c1[nH]c(=O)n([C@@H]2O[C@H](CO)[C@@H](O)[C@H]2Cl)cc1Br. The van der Waals surface area contributed by atoms with Gasteiger partial charge in [-0.05, 0) is 15.9 Å². The molecule has 0 saturated carbocycles. The Kier molecular flexibility index (Phi) is 3.93. The quantitative estimate of drug-likeness (QED) is 0.608. The fraction of sp³-hybridized carbons (Fsp3) is 0.556. The fourth-order valence-electron chi connectivity index (χ4n) is 1.73. The molecule has 0 aromatic carbocycles. The van der Waals surface area contributed by atoms with Crippen molar-refractivity contribution in [2.75, 3.05) is 6.61 Å². The van der Waals surface area contributed by atoms with Gasteiger partial charge < -0.3 is 14.9 Å². The summed E-state index contributed by atoms with van der Waals surface area (Å²) in [7, 11) is 0. The van der Waals surface area contributed by atoms with E-state index in [9.17, 15) is 14.7 Å². The van der Waals surface area contributed by atoms with Crippen molar-refractivity contribution in [3.05, 3.63) is 31.5 Å². The van der Waals surface area contributed by atoms with Crippen LogP contribution in [0.3, 0.4) is 0 Å². The van der Waals surface area contributed by atoms with Crippen LogP contribution in [0.2, 0.25) is 0 Å². The van der Waals surface area contributed by atoms with E-state index in [4.69, 9.17) is 21.4 Å². The summed E-state index contributed by atoms with van der Waals surface area (Å²) in [6.07, 6.45) is -1.69. The van der Waals surface area contributed by atoms with E-state index in [1.54, 1.807) is 0 Å². The summed E-state index contributed by atoms with van der Waals surface area (Å²) < 4.78 is 6.48. The average Bonchev–Trinajstić information content (AvgIpc) is 2.61. The maximum Gasteiger partial charge on any atom is 0.330 e. The summed E-state index contributed by atoms with van der Waals surface area (Å²) >= 11 is 8.93. The first-order chi connectivity index (χ1) is 8.45. The Morgan fingerprint density at radius 3 is 2.78 bits per heavy atom. The Morgan fingerprint density at radius 2 is 2.22 bits per heavy atom. The minimum Gasteiger partial charge on any atom is -0.394 e. The first-order valence-electron chi connectivity index (χ1n) is 5.05. The van der Waals surface area contributed by atoms with Crippen molar-refractivity contribution in [1.29, 1.82) is 0 Å². The number of aromatic nitrogens is 2. The number of alkyl halides is 1.